The van der Waals surface area contributed by atoms with Crippen molar-refractivity contribution in [2.45, 2.75) is 12.8 Å². The van der Waals surface area contributed by atoms with Crippen molar-refractivity contribution in [2.24, 2.45) is 5.41 Å². The van der Waals surface area contributed by atoms with Crippen LogP contribution in [-0.2, 0) is 4.74 Å². The van der Waals surface area contributed by atoms with E-state index in [0.29, 0.717) is 23.9 Å². The lowest BCUT2D eigenvalue weighted by molar-refractivity contribution is -0.384. The molecule has 0 aliphatic carbocycles. The zero-order valence-electron chi connectivity index (χ0n) is 15.5. The molecule has 152 valence electrons. The predicted octanol–water partition coefficient (Wildman–Crippen LogP) is 2.89. The molecule has 0 unspecified atom stereocenters. The molecule has 1 fully saturated rings. The topological polar surface area (TPSA) is 106 Å². The zero-order valence-corrected chi connectivity index (χ0v) is 17.1. The number of nitro benzene ring substituents is 1. The van der Waals surface area contributed by atoms with Gasteiger partial charge in [-0.25, -0.2) is 4.98 Å². The summed E-state index contributed by atoms with van der Waals surface area (Å²) in [7, 11) is 1.68. The van der Waals surface area contributed by atoms with Gasteiger partial charge in [0.1, 0.15) is 10.7 Å². The number of nitrogens with zero attached hydrogens (tertiary/aromatic N) is 2. The summed E-state index contributed by atoms with van der Waals surface area (Å²) in [6.45, 7) is 2.99. The number of aromatic nitrogens is 1. The number of non-ortho nitro benzene ring substituents is 1. The Morgan fingerprint density at radius 3 is 2.64 bits per heavy atom. The normalized spacial score (nSPS) is 15.5. The Hall–Kier alpha value is -2.07. The number of halogens is 1. The van der Waals surface area contributed by atoms with Gasteiger partial charge >= 0.3 is 0 Å². The van der Waals surface area contributed by atoms with Gasteiger partial charge in [0, 0.05) is 42.1 Å². The molecular formula is C18H23ClN4O4S. The molecule has 2 aromatic rings. The van der Waals surface area contributed by atoms with Gasteiger partial charge in [-0.2, -0.15) is 0 Å². The number of ether oxygens (including phenoxy) is 1. The Bertz CT molecular complexity index is 801. The van der Waals surface area contributed by atoms with E-state index in [1.54, 1.807) is 24.6 Å². The van der Waals surface area contributed by atoms with Crippen molar-refractivity contribution >= 4 is 35.3 Å². The van der Waals surface area contributed by atoms with Gasteiger partial charge in [0.25, 0.3) is 11.6 Å². The smallest absolute Gasteiger partial charge is 0.270 e. The Balaban J connectivity index is 0.00000280. The summed E-state index contributed by atoms with van der Waals surface area (Å²) in [5.41, 5.74) is 1.08. The maximum Gasteiger partial charge on any atom is 0.270 e. The van der Waals surface area contributed by atoms with Crippen molar-refractivity contribution in [3.8, 4) is 10.6 Å². The van der Waals surface area contributed by atoms with Crippen LogP contribution in [0.4, 0.5) is 5.69 Å². The van der Waals surface area contributed by atoms with Crippen molar-refractivity contribution in [2.75, 3.05) is 33.4 Å². The van der Waals surface area contributed by atoms with E-state index in [-0.39, 0.29) is 29.4 Å². The van der Waals surface area contributed by atoms with Crippen LogP contribution in [0.3, 0.4) is 0 Å². The van der Waals surface area contributed by atoms with Crippen LogP contribution in [-0.4, -0.2) is 49.2 Å². The Labute approximate surface area is 173 Å². The number of amides is 1. The van der Waals surface area contributed by atoms with Crippen LogP contribution in [0.5, 0.6) is 0 Å². The molecule has 0 spiro atoms. The quantitative estimate of drug-likeness (QED) is 0.520. The number of benzene rings is 1. The summed E-state index contributed by atoms with van der Waals surface area (Å²) >= 11 is 1.34. The van der Waals surface area contributed by atoms with E-state index < -0.39 is 4.92 Å². The summed E-state index contributed by atoms with van der Waals surface area (Å²) in [6, 6.07) is 6.15. The van der Waals surface area contributed by atoms with Gasteiger partial charge in [-0.3, -0.25) is 14.9 Å². The summed E-state index contributed by atoms with van der Waals surface area (Å²) in [5, 5.41) is 19.4. The van der Waals surface area contributed by atoms with E-state index in [4.69, 9.17) is 4.74 Å². The first-order valence-corrected chi connectivity index (χ1v) is 9.59. The first-order valence-electron chi connectivity index (χ1n) is 8.71. The van der Waals surface area contributed by atoms with Crippen LogP contribution >= 0.6 is 23.7 Å². The number of nitro groups is 1. The molecule has 3 rings (SSSR count). The molecule has 8 nitrogen and oxygen atoms in total. The lowest BCUT2D eigenvalue weighted by Crippen LogP contribution is -2.47. The highest BCUT2D eigenvalue weighted by Gasteiger charge is 2.32. The summed E-state index contributed by atoms with van der Waals surface area (Å²) in [5.74, 6) is -0.214. The van der Waals surface area contributed by atoms with Gasteiger partial charge in [-0.05, 0) is 38.1 Å². The zero-order chi connectivity index (χ0) is 19.3. The number of thiazole rings is 1. The molecule has 1 aliphatic rings. The molecule has 1 aromatic carbocycles. The van der Waals surface area contributed by atoms with E-state index in [0.717, 1.165) is 31.5 Å². The van der Waals surface area contributed by atoms with Crippen LogP contribution in [0.25, 0.3) is 10.6 Å². The third-order valence-corrected chi connectivity index (χ3v) is 5.69. The number of hydrogen-bond donors (Lipinski definition) is 2. The van der Waals surface area contributed by atoms with Crippen LogP contribution in [0.2, 0.25) is 0 Å². The second-order valence-electron chi connectivity index (χ2n) is 6.71. The molecule has 0 saturated carbocycles. The molecule has 0 atom stereocenters. The average molecular weight is 427 g/mol. The van der Waals surface area contributed by atoms with Crippen molar-refractivity contribution < 1.29 is 14.5 Å². The standard InChI is InChI=1S/C18H22N4O4S.ClH/c1-26-12-18(6-8-19-9-7-18)11-20-16(23)15-10-27-17(21-15)13-2-4-14(5-3-13)22(24)25;/h2-5,10,19H,6-9,11-12H2,1H3,(H,20,23);1H. The minimum absolute atomic E-state index is 0. The second kappa shape index (κ2) is 9.92. The predicted molar refractivity (Wildman–Crippen MR) is 110 cm³/mol. The fourth-order valence-electron chi connectivity index (χ4n) is 3.23. The summed E-state index contributed by atoms with van der Waals surface area (Å²) in [6.07, 6.45) is 1.90. The highest BCUT2D eigenvalue weighted by Crippen LogP contribution is 2.29. The van der Waals surface area contributed by atoms with Gasteiger partial charge in [0.2, 0.25) is 0 Å². The molecule has 1 aliphatic heterocycles. The number of piperidine rings is 1. The SMILES string of the molecule is COCC1(CNC(=O)c2csc(-c3ccc([N+](=O)[O-])cc3)n2)CCNCC1.Cl. The number of methoxy groups -OCH3 is 1. The van der Waals surface area contributed by atoms with Crippen LogP contribution < -0.4 is 10.6 Å². The summed E-state index contributed by atoms with van der Waals surface area (Å²) < 4.78 is 5.37. The second-order valence-corrected chi connectivity index (χ2v) is 7.57. The average Bonchev–Trinajstić information content (AvgIpc) is 3.17. The van der Waals surface area contributed by atoms with Crippen molar-refractivity contribution in [3.63, 3.8) is 0 Å². The minimum atomic E-state index is -0.443. The number of hydrogen-bond acceptors (Lipinski definition) is 7. The largest absolute Gasteiger partial charge is 0.384 e. The lowest BCUT2D eigenvalue weighted by Gasteiger charge is -2.37. The molecule has 10 heteroatoms. The first kappa shape index (κ1) is 22.2. The van der Waals surface area contributed by atoms with Crippen LogP contribution in [0.1, 0.15) is 23.3 Å². The van der Waals surface area contributed by atoms with Gasteiger partial charge in [-0.15, -0.1) is 23.7 Å². The Morgan fingerprint density at radius 1 is 1.36 bits per heavy atom. The van der Waals surface area contributed by atoms with Crippen molar-refractivity contribution in [1.29, 1.82) is 0 Å². The van der Waals surface area contributed by atoms with E-state index in [1.165, 1.54) is 23.5 Å². The van der Waals surface area contributed by atoms with Crippen LogP contribution in [0, 0.1) is 15.5 Å². The molecular weight excluding hydrogens is 404 g/mol. The number of rotatable bonds is 7. The third-order valence-electron chi connectivity index (χ3n) is 4.80. The van der Waals surface area contributed by atoms with Gasteiger partial charge in [0.15, 0.2) is 0 Å². The molecule has 0 bridgehead atoms. The Morgan fingerprint density at radius 2 is 2.04 bits per heavy atom. The molecule has 1 aromatic heterocycles. The molecule has 2 heterocycles. The number of carbonyl (C=O) groups excluding carboxylic acids is 1. The maximum absolute atomic E-state index is 12.5. The minimum Gasteiger partial charge on any atom is -0.384 e. The number of carbonyl (C=O) groups is 1. The van der Waals surface area contributed by atoms with Crippen LogP contribution in [0.15, 0.2) is 29.6 Å². The highest BCUT2D eigenvalue weighted by atomic mass is 35.5. The van der Waals surface area contributed by atoms with Crippen molar-refractivity contribution in [3.05, 3.63) is 45.5 Å². The van der Waals surface area contributed by atoms with Crippen molar-refractivity contribution in [1.82, 2.24) is 15.6 Å². The first-order chi connectivity index (χ1) is 13.0. The van der Waals surface area contributed by atoms with Gasteiger partial charge < -0.3 is 15.4 Å². The molecule has 0 radical (unpaired) electrons. The maximum atomic E-state index is 12.5. The van der Waals surface area contributed by atoms with Gasteiger partial charge in [0.05, 0.1) is 11.5 Å². The summed E-state index contributed by atoms with van der Waals surface area (Å²) in [4.78, 5) is 27.2. The molecule has 1 saturated heterocycles. The molecule has 28 heavy (non-hydrogen) atoms. The van der Waals surface area contributed by atoms with E-state index >= 15 is 0 Å². The number of nitrogens with one attached hydrogen (secondary N) is 2. The fourth-order valence-corrected chi connectivity index (χ4v) is 4.04. The fraction of sp³-hybridized carbons (Fsp3) is 0.444. The van der Waals surface area contributed by atoms with Gasteiger partial charge in [-0.1, -0.05) is 0 Å². The van der Waals surface area contributed by atoms with E-state index in [1.807, 2.05) is 0 Å². The third kappa shape index (κ3) is 5.26. The molecule has 2 N–H and O–H groups in total. The Kier molecular flexibility index (Phi) is 7.88. The monoisotopic (exact) mass is 426 g/mol. The highest BCUT2D eigenvalue weighted by molar-refractivity contribution is 7.13. The lowest BCUT2D eigenvalue weighted by atomic mass is 9.79. The molecule has 1 amide bonds. The van der Waals surface area contributed by atoms with E-state index in [2.05, 4.69) is 15.6 Å². The van der Waals surface area contributed by atoms with E-state index in [9.17, 15) is 14.9 Å².